The molecule has 1 nitrogen and oxygen atoms in total. The highest BCUT2D eigenvalue weighted by Crippen LogP contribution is 2.22. The molecule has 1 radical (unpaired) electrons. The molecule has 2 rings (SSSR count). The third-order valence-corrected chi connectivity index (χ3v) is 2.82. The molecule has 0 saturated heterocycles. The molecule has 0 aliphatic rings. The van der Waals surface area contributed by atoms with E-state index >= 15 is 0 Å². The van der Waals surface area contributed by atoms with Crippen molar-refractivity contribution in [2.24, 2.45) is 0 Å². The molecule has 0 amide bonds. The van der Waals surface area contributed by atoms with Gasteiger partial charge in [-0.1, -0.05) is 22.0 Å². The molecule has 0 fully saturated rings. The summed E-state index contributed by atoms with van der Waals surface area (Å²) < 4.78 is 11.7. The molecule has 0 aliphatic heterocycles. The van der Waals surface area contributed by atoms with Gasteiger partial charge in [-0.3, -0.25) is 0 Å². The van der Waals surface area contributed by atoms with Crippen LogP contribution in [-0.2, 0) is 15.9 Å². The second-order valence-corrected chi connectivity index (χ2v) is 4.11. The van der Waals surface area contributed by atoms with E-state index in [-0.39, 0.29) is 0 Å². The Morgan fingerprint density at radius 3 is 2.92 bits per heavy atom. The minimum atomic E-state index is 0.483. The quantitative estimate of drug-likeness (QED) is 0.713. The Bertz CT molecular complexity index is 467. The summed E-state index contributed by atoms with van der Waals surface area (Å²) in [5.41, 5.74) is 0. The van der Waals surface area contributed by atoms with Gasteiger partial charge in [0.15, 0.2) is 0 Å². The molecular formula is C10H5BrOS+. The first-order chi connectivity index (χ1) is 6.31. The van der Waals surface area contributed by atoms with Crippen molar-refractivity contribution in [1.82, 2.24) is 0 Å². The van der Waals surface area contributed by atoms with Crippen molar-refractivity contribution in [2.45, 2.75) is 4.90 Å². The average Bonchev–Trinajstić information content (AvgIpc) is 2.16. The van der Waals surface area contributed by atoms with Crippen molar-refractivity contribution < 1.29 is 4.21 Å². The zero-order valence-corrected chi connectivity index (χ0v) is 8.98. The van der Waals surface area contributed by atoms with Crippen LogP contribution in [0.15, 0.2) is 39.7 Å². The van der Waals surface area contributed by atoms with Gasteiger partial charge >= 0.3 is 16.6 Å². The molecule has 2 aromatic rings. The van der Waals surface area contributed by atoms with Gasteiger partial charge < -0.3 is 0 Å². The molecule has 0 unspecified atom stereocenters. The molecule has 63 valence electrons. The van der Waals surface area contributed by atoms with E-state index in [2.05, 4.69) is 22.0 Å². The van der Waals surface area contributed by atoms with Crippen LogP contribution in [0.2, 0.25) is 0 Å². The first-order valence-electron chi connectivity index (χ1n) is 3.71. The van der Waals surface area contributed by atoms with E-state index in [9.17, 15) is 4.21 Å². The van der Waals surface area contributed by atoms with Gasteiger partial charge in [0, 0.05) is 8.68 Å². The average molecular weight is 253 g/mol. The van der Waals surface area contributed by atoms with Crippen LogP contribution in [-0.4, -0.2) is 0 Å². The Morgan fingerprint density at radius 2 is 2.15 bits per heavy atom. The molecule has 0 heterocycles. The van der Waals surface area contributed by atoms with Crippen molar-refractivity contribution in [3.8, 4) is 0 Å². The fraction of sp³-hybridized carbons (Fsp3) is 0. The van der Waals surface area contributed by atoms with Gasteiger partial charge in [-0.2, -0.15) is 0 Å². The van der Waals surface area contributed by atoms with Gasteiger partial charge in [0.25, 0.3) is 0 Å². The Morgan fingerprint density at radius 1 is 1.31 bits per heavy atom. The van der Waals surface area contributed by atoms with Crippen molar-refractivity contribution in [3.63, 3.8) is 0 Å². The fourth-order valence-electron chi connectivity index (χ4n) is 1.23. The smallest absolute Gasteiger partial charge is 0.0533 e. The molecule has 0 spiro atoms. The van der Waals surface area contributed by atoms with Crippen LogP contribution >= 0.6 is 15.9 Å². The van der Waals surface area contributed by atoms with E-state index in [4.69, 9.17) is 0 Å². The second-order valence-electron chi connectivity index (χ2n) is 2.62. The van der Waals surface area contributed by atoms with Crippen LogP contribution < -0.4 is 0 Å². The van der Waals surface area contributed by atoms with Gasteiger partial charge in [0.1, 0.15) is 0 Å². The summed E-state index contributed by atoms with van der Waals surface area (Å²) in [7, 11) is 0. The first-order valence-corrected chi connectivity index (χ1v) is 5.24. The summed E-state index contributed by atoms with van der Waals surface area (Å²) in [6, 6.07) is 12.5. The molecule has 0 aromatic heterocycles. The second kappa shape index (κ2) is 3.52. The van der Waals surface area contributed by atoms with E-state index in [0.717, 1.165) is 15.2 Å². The summed E-state index contributed by atoms with van der Waals surface area (Å²) in [5, 5.41) is 2.03. The van der Waals surface area contributed by atoms with Crippen LogP contribution in [0.25, 0.3) is 10.8 Å². The maximum atomic E-state index is 10.7. The van der Waals surface area contributed by atoms with Gasteiger partial charge in [-0.25, -0.2) is 0 Å². The highest BCUT2D eigenvalue weighted by molar-refractivity contribution is 9.10. The Balaban J connectivity index is 2.84. The van der Waals surface area contributed by atoms with Gasteiger partial charge in [-0.15, -0.1) is 0 Å². The Hall–Kier alpha value is -0.800. The molecule has 0 N–H and O–H groups in total. The molecular weight excluding hydrogens is 248 g/mol. The molecule has 13 heavy (non-hydrogen) atoms. The van der Waals surface area contributed by atoms with Crippen molar-refractivity contribution >= 4 is 38.4 Å². The van der Waals surface area contributed by atoms with E-state index in [1.165, 1.54) is 0 Å². The number of rotatable bonds is 1. The number of benzene rings is 2. The van der Waals surface area contributed by atoms with Crippen molar-refractivity contribution in [3.05, 3.63) is 40.9 Å². The van der Waals surface area contributed by atoms with Crippen molar-refractivity contribution in [2.75, 3.05) is 0 Å². The maximum Gasteiger partial charge on any atom is 0.506 e. The zero-order valence-electron chi connectivity index (χ0n) is 6.58. The minimum absolute atomic E-state index is 0.483. The van der Waals surface area contributed by atoms with Gasteiger partial charge in [-0.05, 0) is 29.7 Å². The molecule has 0 bridgehead atoms. The molecule has 2 aromatic carbocycles. The first kappa shape index (κ1) is 8.78. The van der Waals surface area contributed by atoms with E-state index in [1.54, 1.807) is 6.07 Å². The lowest BCUT2D eigenvalue weighted by Gasteiger charge is -1.94. The van der Waals surface area contributed by atoms with E-state index < -0.39 is 0 Å². The van der Waals surface area contributed by atoms with Crippen LogP contribution in [0, 0.1) is 6.07 Å². The monoisotopic (exact) mass is 252 g/mol. The summed E-state index contributed by atoms with van der Waals surface area (Å²) in [6.45, 7) is 0. The maximum absolute atomic E-state index is 10.7. The number of hydrogen-bond donors (Lipinski definition) is 0. The molecule has 0 saturated carbocycles. The van der Waals surface area contributed by atoms with Gasteiger partial charge in [0.2, 0.25) is 0 Å². The number of fused-ring (bicyclic) bond motifs is 1. The fourth-order valence-corrected chi connectivity index (χ4v) is 2.00. The Kier molecular flexibility index (Phi) is 2.38. The summed E-state index contributed by atoms with van der Waals surface area (Å²) in [4.78, 5) is 0.657. The zero-order chi connectivity index (χ0) is 9.26. The van der Waals surface area contributed by atoms with E-state index in [1.807, 2.05) is 24.3 Å². The predicted octanol–water partition coefficient (Wildman–Crippen LogP) is 3.19. The Labute approximate surface area is 88.4 Å². The standard InChI is InChI=1S/C10H5BrOS/c11-8-4-5-9-7(6-8)2-1-3-10(9)13-12/h1-2,4-6H/q+1. The van der Waals surface area contributed by atoms with E-state index in [0.29, 0.717) is 16.6 Å². The van der Waals surface area contributed by atoms with Crippen LogP contribution in [0.4, 0.5) is 0 Å². The summed E-state index contributed by atoms with van der Waals surface area (Å²) in [6.07, 6.45) is 0. The minimum Gasteiger partial charge on any atom is -0.0533 e. The lowest BCUT2D eigenvalue weighted by atomic mass is 10.1. The lowest BCUT2D eigenvalue weighted by Crippen LogP contribution is -1.79. The number of halogens is 1. The third-order valence-electron chi connectivity index (χ3n) is 1.82. The molecule has 0 aliphatic carbocycles. The summed E-state index contributed by atoms with van der Waals surface area (Å²) in [5.74, 6) is 0. The SMILES string of the molecule is O=[S+]c1[c]ccc2cc(Br)ccc12. The van der Waals surface area contributed by atoms with Crippen LogP contribution in [0.3, 0.4) is 0 Å². The van der Waals surface area contributed by atoms with Crippen molar-refractivity contribution in [1.29, 1.82) is 0 Å². The van der Waals surface area contributed by atoms with Crippen LogP contribution in [0.5, 0.6) is 0 Å². The summed E-state index contributed by atoms with van der Waals surface area (Å²) >= 11 is 3.87. The highest BCUT2D eigenvalue weighted by atomic mass is 79.9. The number of hydrogen-bond acceptors (Lipinski definition) is 1. The molecule has 0 atom stereocenters. The largest absolute Gasteiger partial charge is 0.506 e. The topological polar surface area (TPSA) is 17.1 Å². The molecule has 3 heteroatoms. The highest BCUT2D eigenvalue weighted by Gasteiger charge is 2.11. The third kappa shape index (κ3) is 1.62. The lowest BCUT2D eigenvalue weighted by molar-refractivity contribution is 0.605. The normalized spacial score (nSPS) is 10.2. The van der Waals surface area contributed by atoms with Crippen LogP contribution in [0.1, 0.15) is 0 Å². The predicted molar refractivity (Wildman–Crippen MR) is 56.8 cm³/mol. The van der Waals surface area contributed by atoms with Gasteiger partial charge in [0.05, 0.1) is 11.5 Å².